The number of carbonyl (C=O) groups is 2. The maximum atomic E-state index is 12.0. The van der Waals surface area contributed by atoms with Crippen LogP contribution >= 0.6 is 0 Å². The quantitative estimate of drug-likeness (QED) is 0.764. The lowest BCUT2D eigenvalue weighted by Crippen LogP contribution is -2.45. The van der Waals surface area contributed by atoms with Crippen molar-refractivity contribution in [1.82, 2.24) is 10.2 Å². The Morgan fingerprint density at radius 2 is 2.05 bits per heavy atom. The summed E-state index contributed by atoms with van der Waals surface area (Å²) in [6.07, 6.45) is 5.71. The fourth-order valence-electron chi connectivity index (χ4n) is 2.89. The molecule has 0 aromatic carbocycles. The normalized spacial score (nSPS) is 22.8. The van der Waals surface area contributed by atoms with E-state index in [-0.39, 0.29) is 30.6 Å². The number of nitrogens with zero attached hydrogens (tertiary/aromatic N) is 1. The van der Waals surface area contributed by atoms with Crippen LogP contribution in [-0.2, 0) is 19.1 Å². The summed E-state index contributed by atoms with van der Waals surface area (Å²) in [6, 6.07) is 0. The summed E-state index contributed by atoms with van der Waals surface area (Å²) in [7, 11) is 0. The first-order valence-electron chi connectivity index (χ1n) is 8.46. The number of carbonyl (C=O) groups excluding carboxylic acids is 2. The molecule has 0 aromatic heterocycles. The van der Waals surface area contributed by atoms with Gasteiger partial charge in [-0.3, -0.25) is 9.59 Å². The van der Waals surface area contributed by atoms with E-state index in [1.54, 1.807) is 0 Å². The maximum absolute atomic E-state index is 12.0. The molecule has 22 heavy (non-hydrogen) atoms. The molecule has 2 heterocycles. The van der Waals surface area contributed by atoms with Gasteiger partial charge in [-0.05, 0) is 32.1 Å². The first-order valence-corrected chi connectivity index (χ1v) is 8.46. The minimum atomic E-state index is -0.0503. The fraction of sp³-hybridized carbons (Fsp3) is 0.875. The van der Waals surface area contributed by atoms with Crippen LogP contribution in [0.2, 0.25) is 0 Å². The summed E-state index contributed by atoms with van der Waals surface area (Å²) >= 11 is 0. The Kier molecular flexibility index (Phi) is 7.12. The molecule has 0 saturated carbocycles. The van der Waals surface area contributed by atoms with E-state index >= 15 is 0 Å². The van der Waals surface area contributed by atoms with Gasteiger partial charge in [-0.2, -0.15) is 0 Å². The van der Waals surface area contributed by atoms with Crippen LogP contribution in [0, 0.1) is 0 Å². The Bertz CT molecular complexity index is 361. The van der Waals surface area contributed by atoms with E-state index in [2.05, 4.69) is 5.32 Å². The van der Waals surface area contributed by atoms with Crippen molar-refractivity contribution < 1.29 is 19.1 Å². The van der Waals surface area contributed by atoms with Crippen molar-refractivity contribution >= 4 is 11.8 Å². The van der Waals surface area contributed by atoms with Crippen LogP contribution in [0.4, 0.5) is 0 Å². The number of rotatable bonds is 7. The molecule has 1 unspecified atom stereocenters. The van der Waals surface area contributed by atoms with Gasteiger partial charge < -0.3 is 19.7 Å². The SMILES string of the molecule is CCCC(=O)NCC(=O)N1CCC(OCC2CCCO2)CC1. The van der Waals surface area contributed by atoms with Crippen LogP contribution in [0.1, 0.15) is 45.4 Å². The minimum absolute atomic E-state index is 0.00188. The lowest BCUT2D eigenvalue weighted by Gasteiger charge is -2.32. The number of ether oxygens (including phenoxy) is 2. The number of likely N-dealkylation sites (tertiary alicyclic amines) is 1. The lowest BCUT2D eigenvalue weighted by molar-refractivity contribution is -0.135. The first kappa shape index (κ1) is 17.2. The zero-order chi connectivity index (χ0) is 15.8. The van der Waals surface area contributed by atoms with Gasteiger partial charge in [-0.1, -0.05) is 6.92 Å². The molecule has 1 N–H and O–H groups in total. The number of hydrogen-bond donors (Lipinski definition) is 1. The van der Waals surface area contributed by atoms with Crippen LogP contribution in [0.25, 0.3) is 0 Å². The predicted molar refractivity (Wildman–Crippen MR) is 82.4 cm³/mol. The monoisotopic (exact) mass is 312 g/mol. The molecule has 0 spiro atoms. The van der Waals surface area contributed by atoms with Gasteiger partial charge >= 0.3 is 0 Å². The zero-order valence-electron chi connectivity index (χ0n) is 13.5. The summed E-state index contributed by atoms with van der Waals surface area (Å²) in [6.45, 7) is 5.00. The van der Waals surface area contributed by atoms with Crippen molar-refractivity contribution in [2.45, 2.75) is 57.7 Å². The topological polar surface area (TPSA) is 67.9 Å². The number of hydrogen-bond acceptors (Lipinski definition) is 4. The highest BCUT2D eigenvalue weighted by atomic mass is 16.5. The summed E-state index contributed by atoms with van der Waals surface area (Å²) in [5.74, 6) is -0.0485. The van der Waals surface area contributed by atoms with Crippen LogP contribution in [0.15, 0.2) is 0 Å². The van der Waals surface area contributed by atoms with Gasteiger partial charge in [0, 0.05) is 26.1 Å². The van der Waals surface area contributed by atoms with Crippen molar-refractivity contribution in [3.05, 3.63) is 0 Å². The van der Waals surface area contributed by atoms with Crippen molar-refractivity contribution in [2.75, 3.05) is 32.8 Å². The molecule has 2 aliphatic heterocycles. The van der Waals surface area contributed by atoms with Crippen LogP contribution in [0.3, 0.4) is 0 Å². The van der Waals surface area contributed by atoms with Gasteiger partial charge in [-0.25, -0.2) is 0 Å². The summed E-state index contributed by atoms with van der Waals surface area (Å²) < 4.78 is 11.4. The third-order valence-corrected chi connectivity index (χ3v) is 4.25. The Hall–Kier alpha value is -1.14. The molecule has 0 radical (unpaired) electrons. The van der Waals surface area contributed by atoms with Crippen LogP contribution in [0.5, 0.6) is 0 Å². The average Bonchev–Trinajstić information content (AvgIpc) is 3.05. The number of amides is 2. The third-order valence-electron chi connectivity index (χ3n) is 4.25. The molecule has 6 nitrogen and oxygen atoms in total. The molecular weight excluding hydrogens is 284 g/mol. The van der Waals surface area contributed by atoms with E-state index in [1.165, 1.54) is 0 Å². The van der Waals surface area contributed by atoms with E-state index in [4.69, 9.17) is 9.47 Å². The van der Waals surface area contributed by atoms with E-state index in [9.17, 15) is 9.59 Å². The average molecular weight is 312 g/mol. The Morgan fingerprint density at radius 1 is 1.27 bits per heavy atom. The maximum Gasteiger partial charge on any atom is 0.241 e. The molecule has 126 valence electrons. The molecule has 1 atom stereocenters. The highest BCUT2D eigenvalue weighted by Crippen LogP contribution is 2.17. The molecule has 0 aromatic rings. The summed E-state index contributed by atoms with van der Waals surface area (Å²) in [4.78, 5) is 25.2. The molecule has 2 rings (SSSR count). The summed E-state index contributed by atoms with van der Waals surface area (Å²) in [5, 5.41) is 2.68. The molecule has 6 heteroatoms. The molecular formula is C16H28N2O4. The standard InChI is InChI=1S/C16H28N2O4/c1-2-4-15(19)17-11-16(20)18-8-6-13(7-9-18)22-12-14-5-3-10-21-14/h13-14H,2-12H2,1H3,(H,17,19). The van der Waals surface area contributed by atoms with Gasteiger partial charge in [0.05, 0.1) is 25.4 Å². The molecule has 0 bridgehead atoms. The Balaban J connectivity index is 1.59. The molecule has 2 saturated heterocycles. The Labute approximate surface area is 132 Å². The van der Waals surface area contributed by atoms with Gasteiger partial charge in [0.15, 0.2) is 0 Å². The molecule has 2 aliphatic rings. The van der Waals surface area contributed by atoms with Crippen molar-refractivity contribution in [1.29, 1.82) is 0 Å². The van der Waals surface area contributed by atoms with Crippen molar-refractivity contribution in [3.8, 4) is 0 Å². The van der Waals surface area contributed by atoms with Gasteiger partial charge in [0.2, 0.25) is 11.8 Å². The highest BCUT2D eigenvalue weighted by Gasteiger charge is 2.25. The van der Waals surface area contributed by atoms with Crippen molar-refractivity contribution in [2.24, 2.45) is 0 Å². The lowest BCUT2D eigenvalue weighted by atomic mass is 10.1. The van der Waals surface area contributed by atoms with E-state index in [0.717, 1.165) is 38.7 Å². The Morgan fingerprint density at radius 3 is 2.68 bits per heavy atom. The minimum Gasteiger partial charge on any atom is -0.376 e. The number of nitrogens with one attached hydrogen (secondary N) is 1. The predicted octanol–water partition coefficient (Wildman–Crippen LogP) is 1.09. The van der Waals surface area contributed by atoms with Gasteiger partial charge in [0.25, 0.3) is 0 Å². The van der Waals surface area contributed by atoms with Gasteiger partial charge in [0.1, 0.15) is 0 Å². The second kappa shape index (κ2) is 9.10. The second-order valence-corrected chi connectivity index (χ2v) is 6.08. The first-order chi connectivity index (χ1) is 10.7. The van der Waals surface area contributed by atoms with E-state index in [0.29, 0.717) is 26.1 Å². The van der Waals surface area contributed by atoms with E-state index in [1.807, 2.05) is 11.8 Å². The van der Waals surface area contributed by atoms with Crippen LogP contribution in [-0.4, -0.2) is 61.8 Å². The number of piperidine rings is 1. The highest BCUT2D eigenvalue weighted by molar-refractivity contribution is 5.84. The largest absolute Gasteiger partial charge is 0.376 e. The van der Waals surface area contributed by atoms with Crippen molar-refractivity contribution in [3.63, 3.8) is 0 Å². The second-order valence-electron chi connectivity index (χ2n) is 6.08. The summed E-state index contributed by atoms with van der Waals surface area (Å²) in [5.41, 5.74) is 0. The molecule has 0 aliphatic carbocycles. The smallest absolute Gasteiger partial charge is 0.241 e. The van der Waals surface area contributed by atoms with Gasteiger partial charge in [-0.15, -0.1) is 0 Å². The molecule has 2 amide bonds. The zero-order valence-corrected chi connectivity index (χ0v) is 13.5. The molecule has 2 fully saturated rings. The third kappa shape index (κ3) is 5.57. The fourth-order valence-corrected chi connectivity index (χ4v) is 2.89. The van der Waals surface area contributed by atoms with Crippen LogP contribution < -0.4 is 5.32 Å². The van der Waals surface area contributed by atoms with E-state index < -0.39 is 0 Å².